The maximum atomic E-state index is 12.9. The highest BCUT2D eigenvalue weighted by Gasteiger charge is 2.34. The van der Waals surface area contributed by atoms with E-state index in [1.54, 1.807) is 45.9 Å². The van der Waals surface area contributed by atoms with E-state index in [4.69, 9.17) is 33.7 Å². The van der Waals surface area contributed by atoms with Gasteiger partial charge in [-0.25, -0.2) is 9.78 Å². The molecular formula is C22H24Cl2N4O4. The lowest BCUT2D eigenvalue weighted by Crippen LogP contribution is -2.34. The molecule has 0 unspecified atom stereocenters. The first-order chi connectivity index (χ1) is 14.9. The second-order valence-corrected chi connectivity index (χ2v) is 9.33. The second kappa shape index (κ2) is 8.96. The van der Waals surface area contributed by atoms with Gasteiger partial charge in [-0.15, -0.1) is 0 Å². The zero-order valence-corrected chi connectivity index (χ0v) is 19.7. The molecule has 2 heterocycles. The highest BCUT2D eigenvalue weighted by molar-refractivity contribution is 6.36. The fourth-order valence-corrected chi connectivity index (χ4v) is 4.05. The molecule has 3 amide bonds. The van der Waals surface area contributed by atoms with Crippen molar-refractivity contribution in [3.63, 3.8) is 0 Å². The smallest absolute Gasteiger partial charge is 0.407 e. The number of aryl methyl sites for hydroxylation is 1. The molecule has 1 aliphatic heterocycles. The summed E-state index contributed by atoms with van der Waals surface area (Å²) in [7, 11) is 0. The van der Waals surface area contributed by atoms with Crippen molar-refractivity contribution >= 4 is 41.1 Å². The summed E-state index contributed by atoms with van der Waals surface area (Å²) in [6.07, 6.45) is -0.586. The average molecular weight is 479 g/mol. The molecule has 170 valence electrons. The van der Waals surface area contributed by atoms with Crippen LogP contribution in [-0.2, 0) is 22.6 Å². The van der Waals surface area contributed by atoms with Crippen LogP contribution < -0.4 is 11.1 Å². The molecule has 0 saturated heterocycles. The third-order valence-corrected chi connectivity index (χ3v) is 5.35. The first-order valence-electron chi connectivity index (χ1n) is 9.89. The highest BCUT2D eigenvalue weighted by Crippen LogP contribution is 2.40. The van der Waals surface area contributed by atoms with Crippen molar-refractivity contribution in [1.29, 1.82) is 0 Å². The van der Waals surface area contributed by atoms with Crippen LogP contribution in [0.15, 0.2) is 18.2 Å². The number of nitrogens with zero attached hydrogens (tertiary/aromatic N) is 2. The molecule has 0 fully saturated rings. The number of rotatable bonds is 5. The molecule has 2 aromatic rings. The molecule has 0 aliphatic carbocycles. The van der Waals surface area contributed by atoms with Crippen LogP contribution >= 0.6 is 23.2 Å². The van der Waals surface area contributed by atoms with E-state index in [0.717, 1.165) is 0 Å². The first kappa shape index (κ1) is 23.8. The molecule has 1 aromatic carbocycles. The Hall–Kier alpha value is -2.84. The molecule has 0 saturated carbocycles. The summed E-state index contributed by atoms with van der Waals surface area (Å²) in [5.74, 6) is -1.01. The summed E-state index contributed by atoms with van der Waals surface area (Å²) in [4.78, 5) is 42.3. The van der Waals surface area contributed by atoms with Crippen molar-refractivity contribution in [2.45, 2.75) is 46.4 Å². The number of amides is 3. The van der Waals surface area contributed by atoms with Crippen LogP contribution in [0.1, 0.15) is 48.1 Å². The van der Waals surface area contributed by atoms with Crippen molar-refractivity contribution in [3.05, 3.63) is 50.8 Å². The Bertz CT molecular complexity index is 1110. The molecule has 0 spiro atoms. The van der Waals surface area contributed by atoms with Crippen LogP contribution in [0.3, 0.4) is 0 Å². The van der Waals surface area contributed by atoms with E-state index in [1.807, 2.05) is 0 Å². The number of hydrogen-bond acceptors (Lipinski definition) is 5. The Morgan fingerprint density at radius 3 is 2.56 bits per heavy atom. The Labute approximate surface area is 196 Å². The van der Waals surface area contributed by atoms with Gasteiger partial charge in [-0.2, -0.15) is 0 Å². The number of halogens is 2. The number of carbonyl (C=O) groups is 3. The molecule has 10 heteroatoms. The number of nitrogens with two attached hydrogens (primary N) is 1. The average Bonchev–Trinajstić information content (AvgIpc) is 2.94. The molecule has 0 atom stereocenters. The monoisotopic (exact) mass is 478 g/mol. The molecule has 0 bridgehead atoms. The number of primary amides is 1. The number of nitrogens with one attached hydrogen (secondary N) is 1. The quantitative estimate of drug-likeness (QED) is 0.677. The number of alkyl carbamates (subject to hydrolysis) is 1. The summed E-state index contributed by atoms with van der Waals surface area (Å²) < 4.78 is 5.33. The van der Waals surface area contributed by atoms with Crippen LogP contribution in [0.5, 0.6) is 0 Å². The van der Waals surface area contributed by atoms with Gasteiger partial charge in [-0.1, -0.05) is 29.3 Å². The van der Waals surface area contributed by atoms with Crippen LogP contribution in [0.2, 0.25) is 10.0 Å². The predicted molar refractivity (Wildman–Crippen MR) is 121 cm³/mol. The zero-order valence-electron chi connectivity index (χ0n) is 18.2. The highest BCUT2D eigenvalue weighted by atomic mass is 35.5. The number of hydrogen-bond donors (Lipinski definition) is 2. The molecule has 1 aliphatic rings. The molecule has 3 rings (SSSR count). The van der Waals surface area contributed by atoms with Crippen molar-refractivity contribution in [2.75, 3.05) is 6.54 Å². The minimum atomic E-state index is -0.653. The normalized spacial score (nSPS) is 13.2. The van der Waals surface area contributed by atoms with E-state index in [2.05, 4.69) is 10.3 Å². The fourth-order valence-electron chi connectivity index (χ4n) is 3.55. The molecule has 3 N–H and O–H groups in total. The van der Waals surface area contributed by atoms with Gasteiger partial charge in [0.05, 0.1) is 0 Å². The standard InChI is InChI=1S/C22H24Cl2N4O4/c1-11-14(8-26-21(31)32-22(2,3)4)18(13-6-5-12(23)7-16(13)24)15-9-28(10-17(25)29)20(30)19(15)27-11/h5-7H,8-10H2,1-4H3,(H2,25,29)(H,26,31). The van der Waals surface area contributed by atoms with Crippen molar-refractivity contribution < 1.29 is 19.1 Å². The fraction of sp³-hybridized carbons (Fsp3) is 0.364. The third kappa shape index (κ3) is 5.14. The van der Waals surface area contributed by atoms with Gasteiger partial charge in [0.15, 0.2) is 0 Å². The van der Waals surface area contributed by atoms with Crippen molar-refractivity contribution in [2.24, 2.45) is 5.73 Å². The summed E-state index contributed by atoms with van der Waals surface area (Å²) in [6.45, 7) is 7.06. The van der Waals surface area contributed by atoms with Crippen molar-refractivity contribution in [1.82, 2.24) is 15.2 Å². The Kier molecular flexibility index (Phi) is 6.67. The SMILES string of the molecule is Cc1nc2c(c(-c3ccc(Cl)cc3Cl)c1CNC(=O)OC(C)(C)C)CN(CC(N)=O)C2=O. The minimum Gasteiger partial charge on any atom is -0.444 e. The lowest BCUT2D eigenvalue weighted by Gasteiger charge is -2.21. The maximum absolute atomic E-state index is 12.9. The van der Waals surface area contributed by atoms with Gasteiger partial charge in [0.1, 0.15) is 17.8 Å². The Morgan fingerprint density at radius 1 is 1.28 bits per heavy atom. The van der Waals surface area contributed by atoms with Crippen LogP contribution in [0.25, 0.3) is 11.1 Å². The molecule has 1 aromatic heterocycles. The van der Waals surface area contributed by atoms with Crippen molar-refractivity contribution in [3.8, 4) is 11.1 Å². The van der Waals surface area contributed by atoms with Gasteiger partial charge in [0.2, 0.25) is 5.91 Å². The summed E-state index contributed by atoms with van der Waals surface area (Å²) in [6, 6.07) is 5.04. The second-order valence-electron chi connectivity index (χ2n) is 8.49. The lowest BCUT2D eigenvalue weighted by molar-refractivity contribution is -0.118. The van der Waals surface area contributed by atoms with Crippen LogP contribution in [-0.4, -0.2) is 39.9 Å². The molecule has 0 radical (unpaired) electrons. The van der Waals surface area contributed by atoms with Gasteiger partial charge in [0, 0.05) is 45.5 Å². The topological polar surface area (TPSA) is 115 Å². The van der Waals surface area contributed by atoms with Gasteiger partial charge in [-0.3, -0.25) is 9.59 Å². The number of fused-ring (bicyclic) bond motifs is 1. The third-order valence-electron chi connectivity index (χ3n) is 4.80. The number of pyridine rings is 1. The Balaban J connectivity index is 2.11. The molecular weight excluding hydrogens is 455 g/mol. The minimum absolute atomic E-state index is 0.0966. The summed E-state index contributed by atoms with van der Waals surface area (Å²) in [5.41, 5.74) is 7.98. The summed E-state index contributed by atoms with van der Waals surface area (Å²) >= 11 is 12.6. The first-order valence-corrected chi connectivity index (χ1v) is 10.6. The molecule has 32 heavy (non-hydrogen) atoms. The number of carbonyl (C=O) groups excluding carboxylic acids is 3. The van der Waals surface area contributed by atoms with Gasteiger partial charge < -0.3 is 20.7 Å². The zero-order chi connectivity index (χ0) is 23.8. The number of aromatic nitrogens is 1. The largest absolute Gasteiger partial charge is 0.444 e. The van der Waals surface area contributed by atoms with E-state index in [0.29, 0.717) is 38.0 Å². The molecule has 8 nitrogen and oxygen atoms in total. The van der Waals surface area contributed by atoms with E-state index >= 15 is 0 Å². The number of benzene rings is 1. The van der Waals surface area contributed by atoms with Gasteiger partial charge in [-0.05, 0) is 45.4 Å². The Morgan fingerprint density at radius 2 is 1.97 bits per heavy atom. The van der Waals surface area contributed by atoms with E-state index in [-0.39, 0.29) is 31.2 Å². The van der Waals surface area contributed by atoms with E-state index in [1.165, 1.54) is 4.90 Å². The maximum Gasteiger partial charge on any atom is 0.407 e. The predicted octanol–water partition coefficient (Wildman–Crippen LogP) is 3.83. The lowest BCUT2D eigenvalue weighted by atomic mass is 9.93. The van der Waals surface area contributed by atoms with Crippen LogP contribution in [0.4, 0.5) is 4.79 Å². The van der Waals surface area contributed by atoms with Crippen LogP contribution in [0, 0.1) is 6.92 Å². The number of ether oxygens (including phenoxy) is 1. The van der Waals surface area contributed by atoms with Gasteiger partial charge >= 0.3 is 6.09 Å². The van der Waals surface area contributed by atoms with E-state index < -0.39 is 17.6 Å². The van der Waals surface area contributed by atoms with E-state index in [9.17, 15) is 14.4 Å². The summed E-state index contributed by atoms with van der Waals surface area (Å²) in [5, 5.41) is 3.58. The van der Waals surface area contributed by atoms with Gasteiger partial charge in [0.25, 0.3) is 5.91 Å².